The van der Waals surface area contributed by atoms with Gasteiger partial charge in [0, 0.05) is 11.1 Å². The zero-order chi connectivity index (χ0) is 9.19. The Labute approximate surface area is 73.2 Å². The summed E-state index contributed by atoms with van der Waals surface area (Å²) < 4.78 is 0. The quantitative estimate of drug-likeness (QED) is 0.539. The van der Waals surface area contributed by atoms with Gasteiger partial charge in [0.1, 0.15) is 0 Å². The van der Waals surface area contributed by atoms with Crippen LogP contribution in [0.5, 0.6) is 0 Å². The van der Waals surface area contributed by atoms with Crippen molar-refractivity contribution < 1.29 is 5.11 Å². The minimum Gasteiger partial charge on any atom is -0.390 e. The second-order valence-corrected chi connectivity index (χ2v) is 3.47. The molecule has 0 aliphatic carbocycles. The molecule has 0 bridgehead atoms. The summed E-state index contributed by atoms with van der Waals surface area (Å²) in [5, 5.41) is 15.3. The third-order valence-corrected chi connectivity index (χ3v) is 2.18. The van der Waals surface area contributed by atoms with Crippen molar-refractivity contribution in [3.05, 3.63) is 24.0 Å². The van der Waals surface area contributed by atoms with Crippen LogP contribution in [0, 0.1) is 5.41 Å². The summed E-state index contributed by atoms with van der Waals surface area (Å²) >= 11 is 0. The van der Waals surface area contributed by atoms with E-state index in [-0.39, 0.29) is 12.0 Å². The number of hydrogen-bond acceptors (Lipinski definition) is 3. The molecule has 1 rings (SSSR count). The first-order valence-electron chi connectivity index (χ1n) is 4.07. The fraction of sp³-hybridized carbons (Fsp3) is 0.556. The molecular weight excluding hydrogens is 152 g/mol. The van der Waals surface area contributed by atoms with Crippen LogP contribution in [0.4, 0.5) is 0 Å². The molecule has 0 atom stereocenters. The van der Waals surface area contributed by atoms with Gasteiger partial charge < -0.3 is 15.7 Å². The molecule has 0 amide bonds. The van der Waals surface area contributed by atoms with E-state index in [9.17, 15) is 0 Å². The molecule has 0 unspecified atom stereocenters. The summed E-state index contributed by atoms with van der Waals surface area (Å²) in [5.41, 5.74) is 1.82. The predicted octanol–water partition coefficient (Wildman–Crippen LogP) is 0.553. The summed E-state index contributed by atoms with van der Waals surface area (Å²) in [4.78, 5) is 0. The van der Waals surface area contributed by atoms with Crippen LogP contribution in [-0.4, -0.2) is 18.4 Å². The fourth-order valence-electron chi connectivity index (χ4n) is 1.29. The maximum Gasteiger partial charge on any atom is 0.0846 e. The molecule has 0 aromatic carbocycles. The Morgan fingerprint density at radius 1 is 1.58 bits per heavy atom. The van der Waals surface area contributed by atoms with Crippen molar-refractivity contribution in [2.75, 3.05) is 13.3 Å². The summed E-state index contributed by atoms with van der Waals surface area (Å²) in [7, 11) is 0. The molecule has 0 aromatic rings. The highest BCUT2D eigenvalue weighted by molar-refractivity contribution is 5.26. The molecule has 1 aliphatic rings. The van der Waals surface area contributed by atoms with E-state index in [1.165, 1.54) is 0 Å². The average molecular weight is 168 g/mol. The van der Waals surface area contributed by atoms with Crippen molar-refractivity contribution >= 4 is 0 Å². The van der Waals surface area contributed by atoms with Crippen LogP contribution in [0.15, 0.2) is 24.0 Å². The smallest absolute Gasteiger partial charge is 0.0846 e. The molecule has 68 valence electrons. The van der Waals surface area contributed by atoms with Crippen LogP contribution in [0.25, 0.3) is 0 Å². The Balaban J connectivity index is 2.92. The summed E-state index contributed by atoms with van der Waals surface area (Å²) in [6, 6.07) is 0. The second-order valence-electron chi connectivity index (χ2n) is 3.47. The third-order valence-electron chi connectivity index (χ3n) is 2.18. The van der Waals surface area contributed by atoms with Crippen LogP contribution in [0.1, 0.15) is 13.8 Å². The molecule has 0 radical (unpaired) electrons. The van der Waals surface area contributed by atoms with Gasteiger partial charge in [0.25, 0.3) is 0 Å². The third kappa shape index (κ3) is 1.46. The minimum atomic E-state index is -0.0957. The van der Waals surface area contributed by atoms with Crippen molar-refractivity contribution in [3.63, 3.8) is 0 Å². The SMILES string of the molecule is C=CC(C)(C)C1=C(CO)NCN1. The summed E-state index contributed by atoms with van der Waals surface area (Å²) in [5.74, 6) is 0. The molecule has 0 aromatic heterocycles. The van der Waals surface area contributed by atoms with Crippen LogP contribution in [-0.2, 0) is 0 Å². The molecule has 3 N–H and O–H groups in total. The van der Waals surface area contributed by atoms with Gasteiger partial charge in [0.2, 0.25) is 0 Å². The lowest BCUT2D eigenvalue weighted by molar-refractivity contribution is 0.321. The molecule has 12 heavy (non-hydrogen) atoms. The van der Waals surface area contributed by atoms with E-state index in [0.717, 1.165) is 11.4 Å². The highest BCUT2D eigenvalue weighted by Crippen LogP contribution is 2.28. The molecule has 3 nitrogen and oxygen atoms in total. The first-order valence-corrected chi connectivity index (χ1v) is 4.07. The Hall–Kier alpha value is -0.960. The predicted molar refractivity (Wildman–Crippen MR) is 49.2 cm³/mol. The molecule has 1 heterocycles. The fourth-order valence-corrected chi connectivity index (χ4v) is 1.29. The highest BCUT2D eigenvalue weighted by atomic mass is 16.3. The maximum atomic E-state index is 9.00. The lowest BCUT2D eigenvalue weighted by Crippen LogP contribution is -2.22. The normalized spacial score (nSPS) is 17.2. The van der Waals surface area contributed by atoms with Crippen LogP contribution in [0.2, 0.25) is 0 Å². The maximum absolute atomic E-state index is 9.00. The van der Waals surface area contributed by atoms with Crippen LogP contribution < -0.4 is 10.6 Å². The van der Waals surface area contributed by atoms with Gasteiger partial charge in [-0.2, -0.15) is 0 Å². The number of allylic oxidation sites excluding steroid dienone is 1. The Bertz CT molecular complexity index is 219. The lowest BCUT2D eigenvalue weighted by atomic mass is 9.88. The van der Waals surface area contributed by atoms with E-state index in [1.807, 2.05) is 6.08 Å². The molecule has 0 saturated heterocycles. The number of aliphatic hydroxyl groups excluding tert-OH is 1. The summed E-state index contributed by atoms with van der Waals surface area (Å²) in [6.07, 6.45) is 1.87. The van der Waals surface area contributed by atoms with Crippen molar-refractivity contribution in [1.29, 1.82) is 0 Å². The van der Waals surface area contributed by atoms with Crippen molar-refractivity contribution in [2.45, 2.75) is 13.8 Å². The first kappa shape index (κ1) is 9.13. The van der Waals surface area contributed by atoms with Gasteiger partial charge in [-0.15, -0.1) is 6.58 Å². The minimum absolute atomic E-state index is 0.0552. The first-order chi connectivity index (χ1) is 5.61. The van der Waals surface area contributed by atoms with Gasteiger partial charge in [0.15, 0.2) is 0 Å². The lowest BCUT2D eigenvalue weighted by Gasteiger charge is -2.22. The molecule has 0 spiro atoms. The van der Waals surface area contributed by atoms with Gasteiger partial charge in [-0.1, -0.05) is 19.9 Å². The molecule has 1 aliphatic heterocycles. The molecule has 0 fully saturated rings. The topological polar surface area (TPSA) is 44.3 Å². The average Bonchev–Trinajstić information content (AvgIpc) is 2.52. The van der Waals surface area contributed by atoms with E-state index in [0.29, 0.717) is 6.67 Å². The van der Waals surface area contributed by atoms with Gasteiger partial charge >= 0.3 is 0 Å². The van der Waals surface area contributed by atoms with E-state index in [2.05, 4.69) is 31.1 Å². The Morgan fingerprint density at radius 3 is 2.75 bits per heavy atom. The number of aliphatic hydroxyl groups is 1. The van der Waals surface area contributed by atoms with E-state index < -0.39 is 0 Å². The largest absolute Gasteiger partial charge is 0.390 e. The number of hydrogen-bond donors (Lipinski definition) is 3. The molecule has 3 heteroatoms. The van der Waals surface area contributed by atoms with Gasteiger partial charge in [-0.25, -0.2) is 0 Å². The van der Waals surface area contributed by atoms with Crippen molar-refractivity contribution in [3.8, 4) is 0 Å². The highest BCUT2D eigenvalue weighted by Gasteiger charge is 2.25. The van der Waals surface area contributed by atoms with Gasteiger partial charge in [0.05, 0.1) is 19.0 Å². The van der Waals surface area contributed by atoms with Crippen molar-refractivity contribution in [2.24, 2.45) is 5.41 Å². The summed E-state index contributed by atoms with van der Waals surface area (Å²) in [6.45, 7) is 8.64. The second kappa shape index (κ2) is 3.19. The van der Waals surface area contributed by atoms with Gasteiger partial charge in [-0.3, -0.25) is 0 Å². The Kier molecular flexibility index (Phi) is 2.43. The van der Waals surface area contributed by atoms with Crippen LogP contribution in [0.3, 0.4) is 0 Å². The molecular formula is C9H16N2O. The van der Waals surface area contributed by atoms with E-state index >= 15 is 0 Å². The van der Waals surface area contributed by atoms with E-state index in [4.69, 9.17) is 5.11 Å². The monoisotopic (exact) mass is 168 g/mol. The van der Waals surface area contributed by atoms with Crippen LogP contribution >= 0.6 is 0 Å². The number of nitrogens with one attached hydrogen (secondary N) is 2. The zero-order valence-corrected chi connectivity index (χ0v) is 7.65. The zero-order valence-electron chi connectivity index (χ0n) is 7.65. The van der Waals surface area contributed by atoms with E-state index in [1.54, 1.807) is 0 Å². The standard InChI is InChI=1S/C9H16N2O/c1-4-9(2,3)8-7(5-12)10-6-11-8/h4,10-12H,1,5-6H2,2-3H3. The van der Waals surface area contributed by atoms with Gasteiger partial charge in [-0.05, 0) is 0 Å². The molecule has 0 saturated carbocycles. The van der Waals surface area contributed by atoms with Crippen molar-refractivity contribution in [1.82, 2.24) is 10.6 Å². The Morgan fingerprint density at radius 2 is 2.25 bits per heavy atom. The number of rotatable bonds is 3.